The molecule has 0 saturated carbocycles. The highest BCUT2D eigenvalue weighted by molar-refractivity contribution is 5.79. The Kier molecular flexibility index (Phi) is 5.82. The van der Waals surface area contributed by atoms with Crippen molar-refractivity contribution in [2.45, 2.75) is 32.2 Å². The van der Waals surface area contributed by atoms with Crippen LogP contribution >= 0.6 is 0 Å². The van der Waals surface area contributed by atoms with Gasteiger partial charge in [-0.1, -0.05) is 0 Å². The molecule has 0 bridgehead atoms. The van der Waals surface area contributed by atoms with Gasteiger partial charge in [-0.25, -0.2) is 9.67 Å². The van der Waals surface area contributed by atoms with Crippen LogP contribution in [0, 0.1) is 0 Å². The summed E-state index contributed by atoms with van der Waals surface area (Å²) in [5.74, 6) is 0.292. The van der Waals surface area contributed by atoms with Crippen LogP contribution in [0.4, 0.5) is 0 Å². The fraction of sp³-hybridized carbons (Fsp3) is 0.556. The van der Waals surface area contributed by atoms with Gasteiger partial charge in [0.15, 0.2) is 5.65 Å². The van der Waals surface area contributed by atoms with Gasteiger partial charge in [-0.05, 0) is 18.6 Å². The first-order valence-corrected chi connectivity index (χ1v) is 8.92. The zero-order valence-electron chi connectivity index (χ0n) is 15.3. The number of hydrogen-bond acceptors (Lipinski definition) is 5. The maximum absolute atomic E-state index is 11.7. The van der Waals surface area contributed by atoms with Crippen molar-refractivity contribution >= 4 is 22.8 Å². The molecule has 1 aliphatic heterocycles. The second kappa shape index (κ2) is 8.27. The number of methoxy groups -OCH3 is 1. The maximum atomic E-state index is 11.7. The van der Waals surface area contributed by atoms with Crippen LogP contribution < -0.4 is 5.32 Å². The number of fused-ring (bicyclic) bond motifs is 1. The smallest absolute Gasteiger partial charge is 0.222 e. The first-order chi connectivity index (χ1) is 12.6. The Balaban J connectivity index is 1.71. The highest BCUT2D eigenvalue weighted by atomic mass is 16.5. The molecule has 1 N–H and O–H groups in total. The predicted molar refractivity (Wildman–Crippen MR) is 96.6 cm³/mol. The topological polar surface area (TPSA) is 89.4 Å². The van der Waals surface area contributed by atoms with E-state index in [2.05, 4.69) is 10.3 Å². The number of aromatic nitrogens is 3. The summed E-state index contributed by atoms with van der Waals surface area (Å²) in [6.45, 7) is 4.52. The lowest BCUT2D eigenvalue weighted by atomic mass is 10.0. The molecule has 0 unspecified atom stereocenters. The van der Waals surface area contributed by atoms with Crippen molar-refractivity contribution in [2.75, 3.05) is 33.4 Å². The van der Waals surface area contributed by atoms with E-state index in [1.807, 2.05) is 21.7 Å². The summed E-state index contributed by atoms with van der Waals surface area (Å²) in [4.78, 5) is 29.6. The van der Waals surface area contributed by atoms with Crippen molar-refractivity contribution in [3.63, 3.8) is 0 Å². The molecule has 140 valence electrons. The van der Waals surface area contributed by atoms with E-state index < -0.39 is 0 Å². The molecular formula is C18H25N5O3. The number of carbonyl (C=O) groups excluding carboxylic acids is 2. The molecule has 0 radical (unpaired) electrons. The molecule has 8 nitrogen and oxygen atoms in total. The molecule has 1 aliphatic rings. The number of nitrogens with zero attached hydrogens (tertiary/aromatic N) is 4. The highest BCUT2D eigenvalue weighted by Gasteiger charge is 2.29. The Hall–Kier alpha value is -2.48. The van der Waals surface area contributed by atoms with Gasteiger partial charge in [0.2, 0.25) is 11.8 Å². The number of carbonyl (C=O) groups is 2. The van der Waals surface area contributed by atoms with Gasteiger partial charge in [0, 0.05) is 57.6 Å². The van der Waals surface area contributed by atoms with E-state index in [1.54, 1.807) is 20.2 Å². The third kappa shape index (κ3) is 4.01. The third-order valence-electron chi connectivity index (χ3n) is 4.73. The summed E-state index contributed by atoms with van der Waals surface area (Å²) < 4.78 is 6.75. The summed E-state index contributed by atoms with van der Waals surface area (Å²) >= 11 is 0. The fourth-order valence-electron chi connectivity index (χ4n) is 3.35. The molecule has 1 saturated heterocycles. The Labute approximate surface area is 152 Å². The molecule has 0 spiro atoms. The van der Waals surface area contributed by atoms with E-state index in [-0.39, 0.29) is 17.7 Å². The summed E-state index contributed by atoms with van der Waals surface area (Å²) in [6, 6.07) is 3.93. The number of likely N-dealkylation sites (tertiary alicyclic amines) is 1. The first-order valence-electron chi connectivity index (χ1n) is 8.92. The minimum absolute atomic E-state index is 0.0376. The minimum atomic E-state index is -0.0376. The molecule has 3 heterocycles. The second-order valence-electron chi connectivity index (χ2n) is 6.53. The average Bonchev–Trinajstić information content (AvgIpc) is 3.25. The van der Waals surface area contributed by atoms with Crippen LogP contribution in [-0.4, -0.2) is 64.8 Å². The minimum Gasteiger partial charge on any atom is -0.384 e. The van der Waals surface area contributed by atoms with E-state index in [1.165, 1.54) is 0 Å². The Morgan fingerprint density at radius 2 is 2.27 bits per heavy atom. The molecule has 2 aromatic heterocycles. The van der Waals surface area contributed by atoms with Crippen LogP contribution in [0.5, 0.6) is 0 Å². The van der Waals surface area contributed by atoms with Crippen molar-refractivity contribution in [1.29, 1.82) is 0 Å². The lowest BCUT2D eigenvalue weighted by molar-refractivity contribution is -0.127. The van der Waals surface area contributed by atoms with Gasteiger partial charge in [0.25, 0.3) is 0 Å². The lowest BCUT2D eigenvalue weighted by Gasteiger charge is -2.12. The van der Waals surface area contributed by atoms with E-state index in [0.717, 1.165) is 29.7 Å². The molecule has 26 heavy (non-hydrogen) atoms. The van der Waals surface area contributed by atoms with E-state index in [0.29, 0.717) is 32.7 Å². The summed E-state index contributed by atoms with van der Waals surface area (Å²) in [5.41, 5.74) is 1.80. The van der Waals surface area contributed by atoms with Gasteiger partial charge in [-0.2, -0.15) is 5.10 Å². The number of hydrogen-bond donors (Lipinski definition) is 1. The van der Waals surface area contributed by atoms with E-state index in [9.17, 15) is 9.59 Å². The number of ether oxygens (including phenoxy) is 1. The number of pyridine rings is 1. The Morgan fingerprint density at radius 3 is 3.00 bits per heavy atom. The highest BCUT2D eigenvalue weighted by Crippen LogP contribution is 2.31. The second-order valence-corrected chi connectivity index (χ2v) is 6.53. The zero-order chi connectivity index (χ0) is 18.5. The number of rotatable bonds is 7. The van der Waals surface area contributed by atoms with Gasteiger partial charge >= 0.3 is 0 Å². The SMILES string of the molecule is COCCC(=O)NCCn1nc([C@H]2CCN(C(C)=O)C2)c2cccnc21. The average molecular weight is 359 g/mol. The van der Waals surface area contributed by atoms with Crippen molar-refractivity contribution < 1.29 is 14.3 Å². The number of nitrogens with one attached hydrogen (secondary N) is 1. The Morgan fingerprint density at radius 1 is 1.42 bits per heavy atom. The largest absolute Gasteiger partial charge is 0.384 e. The quantitative estimate of drug-likeness (QED) is 0.794. The maximum Gasteiger partial charge on any atom is 0.222 e. The van der Waals surface area contributed by atoms with E-state index >= 15 is 0 Å². The van der Waals surface area contributed by atoms with Gasteiger partial charge in [0.1, 0.15) is 0 Å². The monoisotopic (exact) mass is 359 g/mol. The van der Waals surface area contributed by atoms with Gasteiger partial charge in [-0.15, -0.1) is 0 Å². The predicted octanol–water partition coefficient (Wildman–Crippen LogP) is 0.920. The van der Waals surface area contributed by atoms with Crippen molar-refractivity contribution in [3.05, 3.63) is 24.0 Å². The van der Waals surface area contributed by atoms with Crippen LogP contribution in [0.1, 0.15) is 31.4 Å². The first kappa shape index (κ1) is 18.3. The molecule has 0 aromatic carbocycles. The normalized spacial score (nSPS) is 17.0. The molecule has 8 heteroatoms. The van der Waals surface area contributed by atoms with Crippen molar-refractivity contribution in [1.82, 2.24) is 25.0 Å². The molecular weight excluding hydrogens is 334 g/mol. The van der Waals surface area contributed by atoms with E-state index in [4.69, 9.17) is 9.84 Å². The third-order valence-corrected chi connectivity index (χ3v) is 4.73. The van der Waals surface area contributed by atoms with Crippen LogP contribution in [0.3, 0.4) is 0 Å². The van der Waals surface area contributed by atoms with Gasteiger partial charge < -0.3 is 15.0 Å². The lowest BCUT2D eigenvalue weighted by Crippen LogP contribution is -2.28. The van der Waals surface area contributed by atoms with Crippen LogP contribution in [-0.2, 0) is 20.9 Å². The molecule has 0 aliphatic carbocycles. The number of amides is 2. The molecule has 1 fully saturated rings. The standard InChI is InChI=1S/C18H25N5O3/c1-13(24)22-9-5-14(12-22)17-15-4-3-7-20-18(15)23(21-17)10-8-19-16(25)6-11-26-2/h3-4,7,14H,5-6,8-12H2,1-2H3,(H,19,25)/t14-/m0/s1. The molecule has 2 amide bonds. The van der Waals surface area contributed by atoms with Crippen molar-refractivity contribution in [2.24, 2.45) is 0 Å². The molecule has 2 aromatic rings. The van der Waals surface area contributed by atoms with Crippen LogP contribution in [0.15, 0.2) is 18.3 Å². The molecule has 3 rings (SSSR count). The fourth-order valence-corrected chi connectivity index (χ4v) is 3.35. The Bertz CT molecular complexity index is 788. The van der Waals surface area contributed by atoms with Gasteiger partial charge in [0.05, 0.1) is 18.8 Å². The van der Waals surface area contributed by atoms with Crippen LogP contribution in [0.25, 0.3) is 11.0 Å². The molecule has 1 atom stereocenters. The zero-order valence-corrected chi connectivity index (χ0v) is 15.3. The summed E-state index contributed by atoms with van der Waals surface area (Å²) in [5, 5.41) is 8.66. The summed E-state index contributed by atoms with van der Waals surface area (Å²) in [7, 11) is 1.58. The van der Waals surface area contributed by atoms with Crippen molar-refractivity contribution in [3.8, 4) is 0 Å². The summed E-state index contributed by atoms with van der Waals surface area (Å²) in [6.07, 6.45) is 3.01. The van der Waals surface area contributed by atoms with Gasteiger partial charge in [-0.3, -0.25) is 9.59 Å². The van der Waals surface area contributed by atoms with Crippen LogP contribution in [0.2, 0.25) is 0 Å².